The molecule has 24 heavy (non-hydrogen) atoms. The summed E-state index contributed by atoms with van der Waals surface area (Å²) in [5, 5.41) is 4.56. The Labute approximate surface area is 139 Å². The predicted octanol–water partition coefficient (Wildman–Crippen LogP) is 0.732. The molecule has 0 saturated carbocycles. The van der Waals surface area contributed by atoms with Crippen LogP contribution in [0.1, 0.15) is 30.5 Å². The molecular weight excluding hydrogens is 306 g/mol. The van der Waals surface area contributed by atoms with Crippen molar-refractivity contribution in [2.45, 2.75) is 38.6 Å². The molecule has 1 aliphatic heterocycles. The second-order valence-electron chi connectivity index (χ2n) is 6.66. The van der Waals surface area contributed by atoms with Gasteiger partial charge in [0.25, 0.3) is 11.1 Å². The van der Waals surface area contributed by atoms with E-state index in [1.165, 1.54) is 0 Å². The monoisotopic (exact) mass is 327 g/mol. The van der Waals surface area contributed by atoms with Gasteiger partial charge in [-0.25, -0.2) is 9.67 Å². The van der Waals surface area contributed by atoms with Crippen LogP contribution in [0.4, 0.5) is 5.82 Å². The van der Waals surface area contributed by atoms with Gasteiger partial charge in [0.1, 0.15) is 0 Å². The van der Waals surface area contributed by atoms with Crippen molar-refractivity contribution in [3.63, 3.8) is 0 Å². The fraction of sp³-hybridized carbons (Fsp3) is 0.529. The lowest BCUT2D eigenvalue weighted by Gasteiger charge is -2.32. The number of hydrogen-bond acceptors (Lipinski definition) is 5. The number of anilines is 1. The van der Waals surface area contributed by atoms with Crippen molar-refractivity contribution >= 4 is 5.82 Å². The number of aryl methyl sites for hydroxylation is 2. The minimum Gasteiger partial charge on any atom is -0.352 e. The molecule has 2 aromatic heterocycles. The molecule has 0 aromatic carbocycles. The van der Waals surface area contributed by atoms with E-state index in [0.717, 1.165) is 56.5 Å². The van der Waals surface area contributed by atoms with Gasteiger partial charge in [-0.2, -0.15) is 5.10 Å². The van der Waals surface area contributed by atoms with Gasteiger partial charge in [0.2, 0.25) is 0 Å². The molecule has 1 N–H and O–H groups in total. The van der Waals surface area contributed by atoms with E-state index >= 15 is 0 Å². The van der Waals surface area contributed by atoms with E-state index in [-0.39, 0.29) is 11.1 Å². The smallest absolute Gasteiger partial charge is 0.290 e. The van der Waals surface area contributed by atoms with Crippen LogP contribution in [0.5, 0.6) is 0 Å². The molecule has 1 aliphatic carbocycles. The summed E-state index contributed by atoms with van der Waals surface area (Å²) in [6.45, 7) is 2.23. The van der Waals surface area contributed by atoms with E-state index in [1.807, 2.05) is 4.90 Å². The maximum absolute atomic E-state index is 12.2. The average molecular weight is 327 g/mol. The molecule has 0 spiro atoms. The van der Waals surface area contributed by atoms with E-state index in [9.17, 15) is 9.59 Å². The zero-order valence-corrected chi connectivity index (χ0v) is 13.6. The molecule has 1 saturated heterocycles. The minimum atomic E-state index is -0.146. The van der Waals surface area contributed by atoms with Gasteiger partial charge in [0.15, 0.2) is 5.82 Å². The molecule has 0 unspecified atom stereocenters. The first-order valence-corrected chi connectivity index (χ1v) is 8.59. The Hall–Kier alpha value is -2.44. The Morgan fingerprint density at radius 3 is 2.83 bits per heavy atom. The number of rotatable bonds is 3. The Bertz CT molecular complexity index is 849. The van der Waals surface area contributed by atoms with Crippen molar-refractivity contribution in [2.75, 3.05) is 18.0 Å². The minimum absolute atomic E-state index is 0.0132. The topological polar surface area (TPSA) is 83.9 Å². The Kier molecular flexibility index (Phi) is 3.92. The maximum Gasteiger partial charge on any atom is 0.290 e. The van der Waals surface area contributed by atoms with Crippen LogP contribution in [-0.4, -0.2) is 32.8 Å². The van der Waals surface area contributed by atoms with Crippen LogP contribution in [0.15, 0.2) is 28.0 Å². The van der Waals surface area contributed by atoms with Crippen LogP contribution in [0.25, 0.3) is 0 Å². The first-order chi connectivity index (χ1) is 11.7. The molecule has 4 rings (SSSR count). The highest BCUT2D eigenvalue weighted by molar-refractivity contribution is 5.35. The van der Waals surface area contributed by atoms with Crippen molar-refractivity contribution in [1.29, 1.82) is 0 Å². The normalized spacial score (nSPS) is 17.9. The summed E-state index contributed by atoms with van der Waals surface area (Å²) in [5.74, 6) is 0.900. The largest absolute Gasteiger partial charge is 0.352 e. The summed E-state index contributed by atoms with van der Waals surface area (Å²) < 4.78 is 1.64. The second kappa shape index (κ2) is 6.22. The van der Waals surface area contributed by atoms with E-state index in [1.54, 1.807) is 23.1 Å². The first kappa shape index (κ1) is 15.1. The lowest BCUT2D eigenvalue weighted by Crippen LogP contribution is -2.39. The van der Waals surface area contributed by atoms with Gasteiger partial charge < -0.3 is 9.88 Å². The number of nitrogens with zero attached hydrogens (tertiary/aromatic N) is 4. The molecule has 0 atom stereocenters. The molecule has 126 valence electrons. The first-order valence-electron chi connectivity index (χ1n) is 8.59. The maximum atomic E-state index is 12.2. The Morgan fingerprint density at radius 2 is 2.04 bits per heavy atom. The molecule has 0 bridgehead atoms. The number of fused-ring (bicyclic) bond motifs is 1. The lowest BCUT2D eigenvalue weighted by atomic mass is 9.97. The van der Waals surface area contributed by atoms with Crippen molar-refractivity contribution in [3.05, 3.63) is 50.4 Å². The van der Waals surface area contributed by atoms with Crippen LogP contribution in [-0.2, 0) is 19.4 Å². The lowest BCUT2D eigenvalue weighted by molar-refractivity contribution is 0.332. The summed E-state index contributed by atoms with van der Waals surface area (Å²) in [6, 6.07) is 1.76. The SMILES string of the molecule is O=c1[nH]ccnc1N1CCC(Cn2nc3c(cc2=O)CCC3)CC1. The highest BCUT2D eigenvalue weighted by Crippen LogP contribution is 2.22. The molecule has 2 aliphatic rings. The summed E-state index contributed by atoms with van der Waals surface area (Å²) in [7, 11) is 0. The second-order valence-corrected chi connectivity index (χ2v) is 6.66. The Morgan fingerprint density at radius 1 is 1.21 bits per heavy atom. The molecule has 7 heteroatoms. The van der Waals surface area contributed by atoms with Gasteiger partial charge in [-0.1, -0.05) is 0 Å². The molecular formula is C17H21N5O2. The van der Waals surface area contributed by atoms with Gasteiger partial charge >= 0.3 is 0 Å². The fourth-order valence-corrected chi connectivity index (χ4v) is 3.71. The molecule has 3 heterocycles. The number of H-pyrrole nitrogens is 1. The van der Waals surface area contributed by atoms with Crippen LogP contribution in [0.2, 0.25) is 0 Å². The van der Waals surface area contributed by atoms with Crippen molar-refractivity contribution < 1.29 is 0 Å². The third kappa shape index (κ3) is 2.86. The van der Waals surface area contributed by atoms with Crippen LogP contribution < -0.4 is 16.0 Å². The number of aromatic amines is 1. The molecule has 7 nitrogen and oxygen atoms in total. The van der Waals surface area contributed by atoms with Crippen LogP contribution in [0.3, 0.4) is 0 Å². The van der Waals surface area contributed by atoms with Gasteiger partial charge in [-0.05, 0) is 43.6 Å². The molecule has 1 fully saturated rings. The highest BCUT2D eigenvalue weighted by Gasteiger charge is 2.23. The zero-order valence-electron chi connectivity index (χ0n) is 13.6. The molecule has 0 amide bonds. The summed E-state index contributed by atoms with van der Waals surface area (Å²) in [5.41, 5.74) is 2.08. The van der Waals surface area contributed by atoms with E-state index in [2.05, 4.69) is 15.1 Å². The average Bonchev–Trinajstić information content (AvgIpc) is 3.03. The van der Waals surface area contributed by atoms with Gasteiger partial charge in [-0.15, -0.1) is 0 Å². The van der Waals surface area contributed by atoms with E-state index < -0.39 is 0 Å². The molecule has 2 aromatic rings. The summed E-state index contributed by atoms with van der Waals surface area (Å²) in [6.07, 6.45) is 8.08. The Balaban J connectivity index is 1.43. The highest BCUT2D eigenvalue weighted by atomic mass is 16.1. The third-order valence-electron chi connectivity index (χ3n) is 5.06. The van der Waals surface area contributed by atoms with Crippen molar-refractivity contribution in [2.24, 2.45) is 5.92 Å². The van der Waals surface area contributed by atoms with Gasteiger partial charge in [0.05, 0.1) is 5.69 Å². The van der Waals surface area contributed by atoms with Crippen LogP contribution in [0, 0.1) is 5.92 Å². The number of aromatic nitrogens is 4. The predicted molar refractivity (Wildman–Crippen MR) is 90.3 cm³/mol. The third-order valence-corrected chi connectivity index (χ3v) is 5.06. The van der Waals surface area contributed by atoms with E-state index in [0.29, 0.717) is 18.3 Å². The van der Waals surface area contributed by atoms with Crippen molar-refractivity contribution in [3.8, 4) is 0 Å². The number of piperidine rings is 1. The van der Waals surface area contributed by atoms with Crippen LogP contribution >= 0.6 is 0 Å². The standard InChI is InChI=1S/C17H21N5O2/c23-15-10-13-2-1-3-14(13)20-22(15)11-12-4-8-21(9-5-12)16-17(24)19-7-6-18-16/h6-7,10,12H,1-5,8-9,11H2,(H,19,24). The fourth-order valence-electron chi connectivity index (χ4n) is 3.71. The van der Waals surface area contributed by atoms with Crippen molar-refractivity contribution in [1.82, 2.24) is 19.7 Å². The summed E-state index contributed by atoms with van der Waals surface area (Å²) in [4.78, 5) is 32.9. The number of nitrogens with one attached hydrogen (secondary N) is 1. The quantitative estimate of drug-likeness (QED) is 0.898. The number of hydrogen-bond donors (Lipinski definition) is 1. The molecule has 0 radical (unpaired) electrons. The van der Waals surface area contributed by atoms with Gasteiger partial charge in [0, 0.05) is 38.1 Å². The van der Waals surface area contributed by atoms with Gasteiger partial charge in [-0.3, -0.25) is 9.59 Å². The summed E-state index contributed by atoms with van der Waals surface area (Å²) >= 11 is 0. The zero-order chi connectivity index (χ0) is 16.5. The van der Waals surface area contributed by atoms with E-state index in [4.69, 9.17) is 0 Å².